The molecule has 1 aromatic heterocycles. The van der Waals surface area contributed by atoms with E-state index >= 15 is 0 Å². The molecule has 3 heteroatoms. The van der Waals surface area contributed by atoms with E-state index in [9.17, 15) is 4.79 Å². The summed E-state index contributed by atoms with van der Waals surface area (Å²) in [6.07, 6.45) is 5.39. The first kappa shape index (κ1) is 9.90. The summed E-state index contributed by atoms with van der Waals surface area (Å²) in [7, 11) is 0. The summed E-state index contributed by atoms with van der Waals surface area (Å²) in [6, 6.07) is 5.82. The highest BCUT2D eigenvalue weighted by Gasteiger charge is 2.33. The molecule has 1 aromatic rings. The molecule has 1 amide bonds. The summed E-state index contributed by atoms with van der Waals surface area (Å²) in [5.41, 5.74) is 0.940. The van der Waals surface area contributed by atoms with Gasteiger partial charge in [-0.1, -0.05) is 12.6 Å². The number of carbonyl (C=O) groups excluding carboxylic acids is 1. The van der Waals surface area contributed by atoms with Crippen molar-refractivity contribution in [1.29, 1.82) is 0 Å². The topological polar surface area (TPSA) is 42.0 Å². The summed E-state index contributed by atoms with van der Waals surface area (Å²) >= 11 is 0. The normalized spacial score (nSPS) is 16.8. The molecule has 1 unspecified atom stereocenters. The van der Waals surface area contributed by atoms with Gasteiger partial charge in [-0.2, -0.15) is 0 Å². The number of hydrogen-bond acceptors (Lipinski definition) is 2. The van der Waals surface area contributed by atoms with Crippen LogP contribution in [0.3, 0.4) is 0 Å². The van der Waals surface area contributed by atoms with E-state index in [1.807, 2.05) is 18.2 Å². The fourth-order valence-electron chi connectivity index (χ4n) is 1.63. The lowest BCUT2D eigenvalue weighted by molar-refractivity contribution is -0.117. The second-order valence-corrected chi connectivity index (χ2v) is 3.78. The molecule has 0 aromatic carbocycles. The molecule has 1 fully saturated rings. The van der Waals surface area contributed by atoms with E-state index in [2.05, 4.69) is 16.9 Å². The van der Waals surface area contributed by atoms with Crippen LogP contribution >= 0.6 is 0 Å². The number of rotatable bonds is 4. The molecule has 15 heavy (non-hydrogen) atoms. The van der Waals surface area contributed by atoms with Gasteiger partial charge < -0.3 is 5.32 Å². The first-order chi connectivity index (χ1) is 7.31. The molecule has 0 aliphatic heterocycles. The summed E-state index contributed by atoms with van der Waals surface area (Å²) < 4.78 is 0. The van der Waals surface area contributed by atoms with Gasteiger partial charge in [0, 0.05) is 6.20 Å². The number of aromatic nitrogens is 1. The molecule has 1 saturated carbocycles. The maximum atomic E-state index is 11.3. The van der Waals surface area contributed by atoms with Gasteiger partial charge >= 0.3 is 0 Å². The van der Waals surface area contributed by atoms with Crippen LogP contribution in [0.2, 0.25) is 0 Å². The van der Waals surface area contributed by atoms with Gasteiger partial charge in [0.2, 0.25) is 5.91 Å². The van der Waals surface area contributed by atoms with Gasteiger partial charge in [-0.3, -0.25) is 9.78 Å². The summed E-state index contributed by atoms with van der Waals surface area (Å²) in [5, 5.41) is 2.93. The van der Waals surface area contributed by atoms with Gasteiger partial charge in [0.1, 0.15) is 0 Å². The van der Waals surface area contributed by atoms with Crippen LogP contribution in [-0.2, 0) is 4.79 Å². The van der Waals surface area contributed by atoms with Crippen LogP contribution in [0.5, 0.6) is 0 Å². The summed E-state index contributed by atoms with van der Waals surface area (Å²) in [5.74, 6) is 0.418. The zero-order chi connectivity index (χ0) is 10.7. The predicted octanol–water partition coefficient (Wildman–Crippen LogP) is 1.83. The maximum absolute atomic E-state index is 11.3. The largest absolute Gasteiger partial charge is 0.344 e. The van der Waals surface area contributed by atoms with E-state index < -0.39 is 0 Å². The smallest absolute Gasteiger partial charge is 0.243 e. The zero-order valence-electron chi connectivity index (χ0n) is 8.52. The highest BCUT2D eigenvalue weighted by molar-refractivity contribution is 5.87. The fourth-order valence-corrected chi connectivity index (χ4v) is 1.63. The van der Waals surface area contributed by atoms with Crippen molar-refractivity contribution in [3.05, 3.63) is 42.7 Å². The molecule has 0 saturated heterocycles. The second-order valence-electron chi connectivity index (χ2n) is 3.78. The Bertz CT molecular complexity index is 357. The van der Waals surface area contributed by atoms with Gasteiger partial charge in [0.05, 0.1) is 11.7 Å². The molecule has 0 bridgehead atoms. The SMILES string of the molecule is C=CC(=O)NC(c1ccccn1)C1CC1. The highest BCUT2D eigenvalue weighted by atomic mass is 16.1. The van der Waals surface area contributed by atoms with Crippen LogP contribution in [-0.4, -0.2) is 10.9 Å². The van der Waals surface area contributed by atoms with Crippen molar-refractivity contribution in [3.8, 4) is 0 Å². The predicted molar refractivity (Wildman–Crippen MR) is 58.0 cm³/mol. The molecular formula is C12H14N2O. The molecule has 1 aliphatic carbocycles. The molecule has 1 N–H and O–H groups in total. The van der Waals surface area contributed by atoms with Crippen molar-refractivity contribution < 1.29 is 4.79 Å². The Morgan fingerprint density at radius 3 is 2.93 bits per heavy atom. The Kier molecular flexibility index (Phi) is 2.81. The third-order valence-corrected chi connectivity index (χ3v) is 2.58. The Morgan fingerprint density at radius 2 is 2.40 bits per heavy atom. The molecule has 1 atom stereocenters. The van der Waals surface area contributed by atoms with Gasteiger partial charge in [-0.25, -0.2) is 0 Å². The summed E-state index contributed by atoms with van der Waals surface area (Å²) in [6.45, 7) is 3.45. The molecular weight excluding hydrogens is 188 g/mol. The molecule has 0 radical (unpaired) electrons. The molecule has 2 rings (SSSR count). The minimum Gasteiger partial charge on any atom is -0.344 e. The number of pyridine rings is 1. The highest BCUT2D eigenvalue weighted by Crippen LogP contribution is 2.40. The maximum Gasteiger partial charge on any atom is 0.243 e. The van der Waals surface area contributed by atoms with Crippen molar-refractivity contribution in [3.63, 3.8) is 0 Å². The molecule has 3 nitrogen and oxygen atoms in total. The van der Waals surface area contributed by atoms with Crippen molar-refractivity contribution in [1.82, 2.24) is 10.3 Å². The lowest BCUT2D eigenvalue weighted by atomic mass is 10.1. The van der Waals surface area contributed by atoms with Gasteiger partial charge in [0.15, 0.2) is 0 Å². The van der Waals surface area contributed by atoms with Crippen LogP contribution < -0.4 is 5.32 Å². The zero-order valence-corrected chi connectivity index (χ0v) is 8.52. The lowest BCUT2D eigenvalue weighted by Crippen LogP contribution is -2.28. The molecule has 78 valence electrons. The number of carbonyl (C=O) groups is 1. The van der Waals surface area contributed by atoms with Crippen molar-refractivity contribution in [2.24, 2.45) is 5.92 Å². The Morgan fingerprint density at radius 1 is 1.60 bits per heavy atom. The standard InChI is InChI=1S/C12H14N2O/c1-2-11(15)14-12(9-6-7-9)10-5-3-4-8-13-10/h2-5,8-9,12H,1,6-7H2,(H,14,15). The first-order valence-electron chi connectivity index (χ1n) is 5.15. The van der Waals surface area contributed by atoms with Crippen LogP contribution in [0, 0.1) is 5.92 Å². The van der Waals surface area contributed by atoms with Gasteiger partial charge in [0.25, 0.3) is 0 Å². The number of amides is 1. The van der Waals surface area contributed by atoms with Gasteiger partial charge in [-0.05, 0) is 37.0 Å². The summed E-state index contributed by atoms with van der Waals surface area (Å²) in [4.78, 5) is 15.5. The van der Waals surface area contributed by atoms with E-state index in [0.29, 0.717) is 5.92 Å². The van der Waals surface area contributed by atoms with Crippen LogP contribution in [0.4, 0.5) is 0 Å². The number of hydrogen-bond donors (Lipinski definition) is 1. The minimum atomic E-state index is -0.127. The van der Waals surface area contributed by atoms with Crippen molar-refractivity contribution >= 4 is 5.91 Å². The molecule has 1 aliphatic rings. The van der Waals surface area contributed by atoms with Crippen LogP contribution in [0.15, 0.2) is 37.1 Å². The first-order valence-corrected chi connectivity index (χ1v) is 5.15. The third kappa shape index (κ3) is 2.43. The Balaban J connectivity index is 2.13. The molecule has 0 spiro atoms. The quantitative estimate of drug-likeness (QED) is 0.757. The second kappa shape index (κ2) is 4.26. The number of nitrogens with zero attached hydrogens (tertiary/aromatic N) is 1. The van der Waals surface area contributed by atoms with E-state index in [0.717, 1.165) is 5.69 Å². The van der Waals surface area contributed by atoms with E-state index in [1.165, 1.54) is 18.9 Å². The van der Waals surface area contributed by atoms with Crippen LogP contribution in [0.25, 0.3) is 0 Å². The van der Waals surface area contributed by atoms with Crippen molar-refractivity contribution in [2.45, 2.75) is 18.9 Å². The molecule has 1 heterocycles. The lowest BCUT2D eigenvalue weighted by Gasteiger charge is -2.16. The van der Waals surface area contributed by atoms with E-state index in [4.69, 9.17) is 0 Å². The van der Waals surface area contributed by atoms with Gasteiger partial charge in [-0.15, -0.1) is 0 Å². The Labute approximate surface area is 89.2 Å². The average molecular weight is 202 g/mol. The number of nitrogens with one attached hydrogen (secondary N) is 1. The van der Waals surface area contributed by atoms with E-state index in [-0.39, 0.29) is 11.9 Å². The van der Waals surface area contributed by atoms with E-state index in [1.54, 1.807) is 6.20 Å². The average Bonchev–Trinajstić information content (AvgIpc) is 3.10. The minimum absolute atomic E-state index is 0.0525. The van der Waals surface area contributed by atoms with Crippen molar-refractivity contribution in [2.75, 3.05) is 0 Å². The van der Waals surface area contributed by atoms with Crippen LogP contribution in [0.1, 0.15) is 24.6 Å². The third-order valence-electron chi connectivity index (χ3n) is 2.58. The monoisotopic (exact) mass is 202 g/mol. The Hall–Kier alpha value is -1.64. The fraction of sp³-hybridized carbons (Fsp3) is 0.333.